The Bertz CT molecular complexity index is 6600. The smallest absolute Gasteiger partial charge is 0.332 e. The normalized spacial score (nSPS) is 11.3. The summed E-state index contributed by atoms with van der Waals surface area (Å²) >= 11 is 0. The van der Waals surface area contributed by atoms with Gasteiger partial charge in [0, 0.05) is 58.4 Å². The molecular weight excluding hydrogens is 1700 g/mol. The fourth-order valence-corrected chi connectivity index (χ4v) is 16.0. The van der Waals surface area contributed by atoms with Crippen molar-refractivity contribution < 1.29 is 38.5 Å². The molecule has 18 aromatic rings. The standard InChI is InChI=1S/C97H85N29O8/c98-86-109-87(99)114-94(113-86)121-131-78(127)22-7-12-54-26-34-58(35-27-54)64-42-46-72-68(50-64)69-51-65(59-36-28-55(29-37-59)13-8-23-79(128)132-122-95-115-88(100)110-89(101)116-95)43-47-73(69)125(72)76-20-11-21-77(82(76)85-107-83(62-16-3-1-4-17-62)106-84(108-85)63-18-5-2-6-19-63)126-74-48-44-66(60-38-30-56(31-39-60)14-9-24-80(129)133-123-96-117-90(102)111-91(103)118-96)52-70(74)71-53-67(45-49-75(71)126)61-40-32-57(33-41-61)15-10-25-81(130)134-124-97-119-92(104)112-93(105)120-97/h1-6,11,16-21,26-53H,7-10,12-15,22-25H2,(H5,98,99,109,113,114,121)(H5,100,101,110,115,116,122)(H5,102,103,111,117,118,123)(H5,104,105,112,119,120,124). The Morgan fingerprint density at radius 1 is 0.239 bits per heavy atom. The summed E-state index contributed by atoms with van der Waals surface area (Å²) in [5.74, 6) is -2.10. The molecule has 0 saturated carbocycles. The minimum absolute atomic E-state index is 0.0873. The summed E-state index contributed by atoms with van der Waals surface area (Å²) in [4.78, 5) is 135. The van der Waals surface area contributed by atoms with E-state index in [4.69, 9.17) is 80.2 Å². The zero-order valence-corrected chi connectivity index (χ0v) is 71.6. The van der Waals surface area contributed by atoms with Crippen molar-refractivity contribution in [3.63, 3.8) is 0 Å². The third-order valence-corrected chi connectivity index (χ3v) is 22.2. The van der Waals surface area contributed by atoms with Crippen molar-refractivity contribution in [2.75, 3.05) is 67.8 Å². The first kappa shape index (κ1) is 86.3. The van der Waals surface area contributed by atoms with E-state index in [1.54, 1.807) is 0 Å². The van der Waals surface area contributed by atoms with Gasteiger partial charge in [-0.25, -0.2) is 34.1 Å². The average Bonchev–Trinajstić information content (AvgIpc) is 1.54. The highest BCUT2D eigenvalue weighted by molar-refractivity contribution is 6.14. The van der Waals surface area contributed by atoms with Crippen LogP contribution in [-0.2, 0) is 64.2 Å². The molecule has 0 bridgehead atoms. The maximum Gasteiger partial charge on any atom is 0.332 e. The molecule has 20 N–H and O–H groups in total. The molecule has 7 heterocycles. The van der Waals surface area contributed by atoms with Crippen LogP contribution in [0.25, 0.3) is 134 Å². The molecule has 0 aliphatic carbocycles. The summed E-state index contributed by atoms with van der Waals surface area (Å²) in [6.45, 7) is 0. The van der Waals surface area contributed by atoms with Gasteiger partial charge in [0.15, 0.2) is 17.5 Å². The van der Waals surface area contributed by atoms with Crippen molar-refractivity contribution in [1.82, 2.24) is 83.9 Å². The number of nitrogens with zero attached hydrogens (tertiary/aromatic N) is 17. The minimum atomic E-state index is -0.522. The number of hydrogen-bond acceptors (Lipinski definition) is 35. The van der Waals surface area contributed by atoms with Gasteiger partial charge in [0.1, 0.15) is 0 Å². The van der Waals surface area contributed by atoms with Gasteiger partial charge in [-0.05, 0) is 179 Å². The first-order chi connectivity index (χ1) is 65.2. The van der Waals surface area contributed by atoms with E-state index in [1.807, 2.05) is 60.7 Å². The largest absolute Gasteiger partial charge is 0.368 e. The fourth-order valence-electron chi connectivity index (χ4n) is 16.0. The number of nitrogens with one attached hydrogen (secondary N) is 4. The Morgan fingerprint density at radius 2 is 0.470 bits per heavy atom. The molecule has 0 amide bonds. The van der Waals surface area contributed by atoms with Gasteiger partial charge < -0.3 is 74.4 Å². The Hall–Kier alpha value is -18.4. The number of anilines is 12. The van der Waals surface area contributed by atoms with E-state index in [-0.39, 0.29) is 97.1 Å². The molecule has 0 radical (unpaired) electrons. The number of carbonyl (C=O) groups excluding carboxylic acids is 4. The van der Waals surface area contributed by atoms with Crippen LogP contribution in [0, 0.1) is 0 Å². The highest BCUT2D eigenvalue weighted by Crippen LogP contribution is 2.46. The van der Waals surface area contributed by atoms with Crippen LogP contribution < -0.4 is 67.8 Å². The monoisotopic (exact) mass is 1780 g/mol. The van der Waals surface area contributed by atoms with Gasteiger partial charge in [-0.15, -0.1) is 0 Å². The molecule has 666 valence electrons. The number of aryl methyl sites for hydroxylation is 4. The van der Waals surface area contributed by atoms with Gasteiger partial charge in [0.25, 0.3) is 23.8 Å². The maximum absolute atomic E-state index is 12.9. The molecule has 0 spiro atoms. The van der Waals surface area contributed by atoms with Gasteiger partial charge in [0.2, 0.25) is 47.6 Å². The quantitative estimate of drug-likeness (QED) is 0.0134. The summed E-state index contributed by atoms with van der Waals surface area (Å²) in [6, 6.07) is 85.7. The first-order valence-electron chi connectivity index (χ1n) is 42.7. The molecule has 37 nitrogen and oxygen atoms in total. The van der Waals surface area contributed by atoms with Crippen molar-refractivity contribution in [2.45, 2.75) is 77.0 Å². The topological polar surface area (TPSA) is 565 Å². The number of nitrogens with two attached hydrogens (primary N) is 8. The van der Waals surface area contributed by atoms with Gasteiger partial charge in [-0.3, -0.25) is 0 Å². The number of hydrogen-bond donors (Lipinski definition) is 12. The lowest BCUT2D eigenvalue weighted by Gasteiger charge is -2.20. The van der Waals surface area contributed by atoms with Crippen LogP contribution in [0.5, 0.6) is 0 Å². The molecule has 0 aliphatic rings. The fraction of sp³-hybridized carbons (Fsp3) is 0.124. The molecule has 134 heavy (non-hydrogen) atoms. The Kier molecular flexibility index (Phi) is 24.9. The van der Waals surface area contributed by atoms with Gasteiger partial charge in [-0.2, -0.15) is 81.7 Å². The van der Waals surface area contributed by atoms with Crippen LogP contribution in [0.4, 0.5) is 71.4 Å². The highest BCUT2D eigenvalue weighted by Gasteiger charge is 2.28. The van der Waals surface area contributed by atoms with Gasteiger partial charge >= 0.3 is 23.9 Å². The Morgan fingerprint density at radius 3 is 0.716 bits per heavy atom. The van der Waals surface area contributed by atoms with Crippen LogP contribution in [0.1, 0.15) is 73.6 Å². The Labute approximate surface area is 763 Å². The molecule has 0 fully saturated rings. The van der Waals surface area contributed by atoms with E-state index in [9.17, 15) is 19.2 Å². The number of carbonyl (C=O) groups is 4. The number of rotatable bonds is 33. The van der Waals surface area contributed by atoms with E-state index in [1.165, 1.54) is 0 Å². The van der Waals surface area contributed by atoms with Crippen LogP contribution >= 0.6 is 0 Å². The summed E-state index contributed by atoms with van der Waals surface area (Å²) in [6.07, 6.45) is 4.68. The van der Waals surface area contributed by atoms with E-state index >= 15 is 0 Å². The number of fused-ring (bicyclic) bond motifs is 6. The second kappa shape index (κ2) is 38.6. The molecule has 7 aromatic heterocycles. The molecule has 0 aliphatic heterocycles. The van der Waals surface area contributed by atoms with Crippen LogP contribution in [-0.4, -0.2) is 108 Å². The molecule has 18 rings (SSSR count). The van der Waals surface area contributed by atoms with Crippen molar-refractivity contribution in [3.8, 4) is 90.0 Å². The highest BCUT2D eigenvalue weighted by atomic mass is 16.7. The van der Waals surface area contributed by atoms with E-state index in [0.29, 0.717) is 74.4 Å². The van der Waals surface area contributed by atoms with Crippen LogP contribution in [0.3, 0.4) is 0 Å². The average molecular weight is 1780 g/mol. The summed E-state index contributed by atoms with van der Waals surface area (Å²) < 4.78 is 4.62. The molecule has 37 heteroatoms. The van der Waals surface area contributed by atoms with Gasteiger partial charge in [-0.1, -0.05) is 188 Å². The molecule has 0 unspecified atom stereocenters. The van der Waals surface area contributed by atoms with Crippen LogP contribution in [0.15, 0.2) is 249 Å². The van der Waals surface area contributed by atoms with E-state index in [0.717, 1.165) is 133 Å². The van der Waals surface area contributed by atoms with Crippen molar-refractivity contribution >= 4 is 139 Å². The lowest BCUT2D eigenvalue weighted by molar-refractivity contribution is -0.141. The third kappa shape index (κ3) is 20.1. The first-order valence-corrected chi connectivity index (χ1v) is 42.7. The van der Waals surface area contributed by atoms with Crippen molar-refractivity contribution in [2.24, 2.45) is 0 Å². The number of benzene rings is 11. The molecule has 0 saturated heterocycles. The zero-order chi connectivity index (χ0) is 92.3. The third-order valence-electron chi connectivity index (χ3n) is 22.2. The number of nitrogen functional groups attached to an aromatic ring is 8. The molecule has 0 atom stereocenters. The lowest BCUT2D eigenvalue weighted by Crippen LogP contribution is -2.14. The maximum atomic E-state index is 12.9. The zero-order valence-electron chi connectivity index (χ0n) is 71.6. The summed E-state index contributed by atoms with van der Waals surface area (Å²) in [5, 5.41) is 3.80. The van der Waals surface area contributed by atoms with Crippen molar-refractivity contribution in [3.05, 3.63) is 271 Å². The van der Waals surface area contributed by atoms with Gasteiger partial charge in [0.05, 0.1) is 39.0 Å². The molecule has 11 aromatic carbocycles. The number of aromatic nitrogens is 17. The SMILES string of the molecule is Nc1nc(N)nc(NOC(=O)CCCc2ccc(-c3ccc4c(c3)c3cc(-c5ccc(CCCC(=O)ONc6nc(N)nc(N)n6)cc5)ccc3n4-c3cccc(-n4c5ccc(-c6ccc(CCCC(=O)ONc7nc(N)nc(N)n7)cc6)cc5c5cc(-c6ccc(CCCC(=O)ONc7nc(N)nc(N)n7)cc6)ccc54)c3-c3nc(-c4ccccc4)nc(-c4ccccc4)n3)cc2)n1. The van der Waals surface area contributed by atoms with E-state index in [2.05, 4.69) is 279 Å². The minimum Gasteiger partial charge on any atom is -0.368 e. The predicted molar refractivity (Wildman–Crippen MR) is 512 cm³/mol. The predicted octanol–water partition coefficient (Wildman–Crippen LogP) is 14.7. The van der Waals surface area contributed by atoms with Crippen LogP contribution in [0.2, 0.25) is 0 Å². The van der Waals surface area contributed by atoms with Crippen molar-refractivity contribution in [1.29, 1.82) is 0 Å². The second-order valence-electron chi connectivity index (χ2n) is 31.3. The lowest BCUT2D eigenvalue weighted by atomic mass is 9.98. The Balaban J connectivity index is 0.739. The summed E-state index contributed by atoms with van der Waals surface area (Å²) in [5.41, 5.74) is 74.4. The molecular formula is C97H85N29O8. The second-order valence-corrected chi connectivity index (χ2v) is 31.3. The van der Waals surface area contributed by atoms with E-state index < -0.39 is 23.9 Å². The summed E-state index contributed by atoms with van der Waals surface area (Å²) in [7, 11) is 0.